The molecule has 0 N–H and O–H groups in total. The Kier molecular flexibility index (Phi) is 5.41. The van der Waals surface area contributed by atoms with Crippen molar-refractivity contribution >= 4 is 22.6 Å². The maximum Gasteiger partial charge on any atom is 0.279 e. The van der Waals surface area contributed by atoms with Crippen molar-refractivity contribution in [3.63, 3.8) is 0 Å². The zero-order valence-electron chi connectivity index (χ0n) is 19.4. The van der Waals surface area contributed by atoms with Gasteiger partial charge in [0.05, 0.1) is 18.3 Å². The van der Waals surface area contributed by atoms with Crippen LogP contribution in [0.3, 0.4) is 0 Å². The maximum atomic E-state index is 15.0. The molecule has 2 atom stereocenters. The predicted octanol–water partition coefficient (Wildman–Crippen LogP) is 4.66. The average molecular weight is 495 g/mol. The normalized spacial score (nSPS) is 20.5. The minimum absolute atomic E-state index is 0.0671. The molecular formula is C25H24ClFN6O2. The maximum absolute atomic E-state index is 15.0. The third kappa shape index (κ3) is 4.02. The quantitative estimate of drug-likeness (QED) is 0.410. The highest BCUT2D eigenvalue weighted by molar-refractivity contribution is 6.30. The Bertz CT molecular complexity index is 1510. The minimum atomic E-state index is -0.527. The fourth-order valence-electron chi connectivity index (χ4n) is 4.64. The first kappa shape index (κ1) is 22.3. The lowest BCUT2D eigenvalue weighted by molar-refractivity contribution is 0.00397. The van der Waals surface area contributed by atoms with Gasteiger partial charge in [0.25, 0.3) is 5.56 Å². The van der Waals surface area contributed by atoms with Crippen molar-refractivity contribution in [2.75, 3.05) is 6.61 Å². The largest absolute Gasteiger partial charge is 0.373 e. The van der Waals surface area contributed by atoms with E-state index in [2.05, 4.69) is 21.3 Å². The topological polar surface area (TPSA) is 87.7 Å². The highest BCUT2D eigenvalue weighted by atomic mass is 35.5. The van der Waals surface area contributed by atoms with Gasteiger partial charge in [-0.1, -0.05) is 11.6 Å². The van der Waals surface area contributed by atoms with E-state index in [1.165, 1.54) is 10.6 Å². The van der Waals surface area contributed by atoms with Gasteiger partial charge in [0.1, 0.15) is 28.7 Å². The molecule has 0 amide bonds. The van der Waals surface area contributed by atoms with Crippen molar-refractivity contribution < 1.29 is 9.13 Å². The number of hydrogen-bond donors (Lipinski definition) is 0. The molecule has 3 aromatic heterocycles. The van der Waals surface area contributed by atoms with E-state index in [4.69, 9.17) is 21.3 Å². The number of benzene rings is 1. The highest BCUT2D eigenvalue weighted by Crippen LogP contribution is 2.39. The summed E-state index contributed by atoms with van der Waals surface area (Å²) in [6, 6.07) is 4.90. The van der Waals surface area contributed by atoms with Crippen LogP contribution in [-0.2, 0) is 11.8 Å². The highest BCUT2D eigenvalue weighted by Gasteiger charge is 2.31. The molecule has 8 nitrogen and oxygen atoms in total. The van der Waals surface area contributed by atoms with Gasteiger partial charge in [-0.25, -0.2) is 19.3 Å². The SMILES string of the molecule is Cc1nc2c(-c3ccc(Cl)cc3F)nc([C@H]3CCO[C@H](c4cnn(C5CC5)c4)C3)nc2c(=O)n1C. The lowest BCUT2D eigenvalue weighted by atomic mass is 9.92. The fourth-order valence-corrected chi connectivity index (χ4v) is 4.80. The van der Waals surface area contributed by atoms with Crippen molar-refractivity contribution in [1.29, 1.82) is 0 Å². The second kappa shape index (κ2) is 8.49. The zero-order valence-corrected chi connectivity index (χ0v) is 20.2. The number of halogens is 2. The third-order valence-electron chi connectivity index (χ3n) is 6.92. The van der Waals surface area contributed by atoms with Crippen molar-refractivity contribution in [3.8, 4) is 11.3 Å². The molecule has 1 aromatic carbocycles. The smallest absolute Gasteiger partial charge is 0.279 e. The zero-order chi connectivity index (χ0) is 24.3. The summed E-state index contributed by atoms with van der Waals surface area (Å²) in [5, 5.41) is 4.77. The second-order valence-corrected chi connectivity index (χ2v) is 9.78. The second-order valence-electron chi connectivity index (χ2n) is 9.34. The summed E-state index contributed by atoms with van der Waals surface area (Å²) in [5.41, 5.74) is 1.73. The van der Waals surface area contributed by atoms with Gasteiger partial charge in [-0.2, -0.15) is 5.10 Å². The van der Waals surface area contributed by atoms with Crippen LogP contribution in [0.2, 0.25) is 5.02 Å². The predicted molar refractivity (Wildman–Crippen MR) is 129 cm³/mol. The molecule has 35 heavy (non-hydrogen) atoms. The van der Waals surface area contributed by atoms with Gasteiger partial charge in [-0.15, -0.1) is 0 Å². The Morgan fingerprint density at radius 1 is 1.14 bits per heavy atom. The number of aryl methyl sites for hydroxylation is 1. The van der Waals surface area contributed by atoms with Crippen LogP contribution in [0.4, 0.5) is 4.39 Å². The number of rotatable bonds is 4. The summed E-state index contributed by atoms with van der Waals surface area (Å²) in [4.78, 5) is 27.2. The van der Waals surface area contributed by atoms with Crippen LogP contribution in [0.1, 0.15) is 61.0 Å². The summed E-state index contributed by atoms with van der Waals surface area (Å²) in [6.07, 6.45) is 7.44. The van der Waals surface area contributed by atoms with Crippen molar-refractivity contribution in [3.05, 3.63) is 69.0 Å². The third-order valence-corrected chi connectivity index (χ3v) is 7.15. The molecule has 4 heterocycles. The van der Waals surface area contributed by atoms with Crippen LogP contribution in [0, 0.1) is 12.7 Å². The Morgan fingerprint density at radius 3 is 2.74 bits per heavy atom. The summed E-state index contributed by atoms with van der Waals surface area (Å²) in [6.45, 7) is 2.25. The number of fused-ring (bicyclic) bond motifs is 1. The van der Waals surface area contributed by atoms with E-state index < -0.39 is 5.82 Å². The average Bonchev–Trinajstić information content (AvgIpc) is 3.59. The summed E-state index contributed by atoms with van der Waals surface area (Å²) in [5.74, 6) is 0.393. The lowest BCUT2D eigenvalue weighted by Crippen LogP contribution is -2.25. The Morgan fingerprint density at radius 2 is 1.97 bits per heavy atom. The molecule has 10 heteroatoms. The lowest BCUT2D eigenvalue weighted by Gasteiger charge is -2.28. The van der Waals surface area contributed by atoms with Gasteiger partial charge < -0.3 is 4.74 Å². The molecule has 0 radical (unpaired) electrons. The Hall–Kier alpha value is -3.17. The van der Waals surface area contributed by atoms with E-state index in [9.17, 15) is 9.18 Å². The number of nitrogens with zero attached hydrogens (tertiary/aromatic N) is 6. The summed E-state index contributed by atoms with van der Waals surface area (Å²) in [7, 11) is 1.65. The van der Waals surface area contributed by atoms with Gasteiger partial charge in [-0.05, 0) is 50.8 Å². The van der Waals surface area contributed by atoms with E-state index in [0.717, 1.165) is 18.4 Å². The molecule has 1 saturated carbocycles. The van der Waals surface area contributed by atoms with Crippen LogP contribution >= 0.6 is 11.6 Å². The molecule has 2 aliphatic rings. The van der Waals surface area contributed by atoms with E-state index >= 15 is 0 Å². The van der Waals surface area contributed by atoms with Crippen LogP contribution in [0.25, 0.3) is 22.3 Å². The summed E-state index contributed by atoms with van der Waals surface area (Å²) >= 11 is 5.98. The van der Waals surface area contributed by atoms with Crippen LogP contribution < -0.4 is 5.56 Å². The molecule has 4 aromatic rings. The molecule has 180 valence electrons. The first-order valence-electron chi connectivity index (χ1n) is 11.8. The molecule has 1 saturated heterocycles. The van der Waals surface area contributed by atoms with Gasteiger partial charge in [0, 0.05) is 41.9 Å². The molecule has 6 rings (SSSR count). The Balaban J connectivity index is 1.45. The molecular weight excluding hydrogens is 471 g/mol. The summed E-state index contributed by atoms with van der Waals surface area (Å²) < 4.78 is 24.5. The first-order chi connectivity index (χ1) is 16.9. The van der Waals surface area contributed by atoms with Crippen molar-refractivity contribution in [2.45, 2.75) is 50.7 Å². The molecule has 0 unspecified atom stereocenters. The van der Waals surface area contributed by atoms with Crippen molar-refractivity contribution in [2.24, 2.45) is 7.05 Å². The first-order valence-corrected chi connectivity index (χ1v) is 12.1. The molecule has 1 aliphatic heterocycles. The fraction of sp³-hybridized carbons (Fsp3) is 0.400. The molecule has 1 aliphatic carbocycles. The Labute approximate surface area is 205 Å². The van der Waals surface area contributed by atoms with Gasteiger partial charge >= 0.3 is 0 Å². The van der Waals surface area contributed by atoms with Crippen LogP contribution in [-0.4, -0.2) is 35.9 Å². The van der Waals surface area contributed by atoms with E-state index in [0.29, 0.717) is 42.8 Å². The number of aromatic nitrogens is 6. The van der Waals surface area contributed by atoms with Gasteiger partial charge in [0.2, 0.25) is 0 Å². The molecule has 0 spiro atoms. The van der Waals surface area contributed by atoms with Gasteiger partial charge in [-0.3, -0.25) is 14.0 Å². The molecule has 0 bridgehead atoms. The number of hydrogen-bond acceptors (Lipinski definition) is 6. The van der Waals surface area contributed by atoms with E-state index in [-0.39, 0.29) is 39.2 Å². The van der Waals surface area contributed by atoms with E-state index in [1.54, 1.807) is 26.1 Å². The van der Waals surface area contributed by atoms with Gasteiger partial charge in [0.15, 0.2) is 5.52 Å². The number of ether oxygens (including phenoxy) is 1. The minimum Gasteiger partial charge on any atom is -0.373 e. The van der Waals surface area contributed by atoms with Crippen LogP contribution in [0.5, 0.6) is 0 Å². The van der Waals surface area contributed by atoms with Crippen LogP contribution in [0.15, 0.2) is 35.4 Å². The molecule has 2 fully saturated rings. The monoisotopic (exact) mass is 494 g/mol. The van der Waals surface area contributed by atoms with E-state index in [1.807, 2.05) is 10.9 Å². The van der Waals surface area contributed by atoms with Crippen molar-refractivity contribution in [1.82, 2.24) is 29.3 Å². The standard InChI is InChI=1S/C25H24ClFN6O2/c1-13-29-22-21(18-6-3-16(26)10-19(18)27)30-24(31-23(22)25(34)32(13)2)14-7-8-35-20(9-14)15-11-28-33(12-15)17-4-5-17/h3,6,10-12,14,17,20H,4-5,7-9H2,1-2H3/t14-,20-/m0/s1.